The fourth-order valence-corrected chi connectivity index (χ4v) is 3.98. The number of benzene rings is 1. The van der Waals surface area contributed by atoms with E-state index in [0.717, 1.165) is 26.1 Å². The second-order valence-electron chi connectivity index (χ2n) is 6.48. The van der Waals surface area contributed by atoms with Crippen molar-refractivity contribution in [1.82, 2.24) is 24.2 Å². The van der Waals surface area contributed by atoms with Crippen LogP contribution in [0.1, 0.15) is 22.3 Å². The molecule has 0 saturated carbocycles. The summed E-state index contributed by atoms with van der Waals surface area (Å²) in [7, 11) is 0. The fourth-order valence-electron chi connectivity index (χ4n) is 3.36. The zero-order valence-corrected chi connectivity index (χ0v) is 16.7. The average molecular weight is 450 g/mol. The number of likely N-dealkylation sites (tertiary alicyclic amines) is 1. The van der Waals surface area contributed by atoms with Gasteiger partial charge in [-0.2, -0.15) is 0 Å². The van der Waals surface area contributed by atoms with Crippen molar-refractivity contribution in [2.45, 2.75) is 19.0 Å². The minimum atomic E-state index is -0.258. The molecule has 0 radical (unpaired) electrons. The zero-order valence-electron chi connectivity index (χ0n) is 14.3. The average Bonchev–Trinajstić information content (AvgIpc) is 3.26. The lowest BCUT2D eigenvalue weighted by molar-refractivity contribution is 0.0939. The molecule has 4 rings (SSSR count). The summed E-state index contributed by atoms with van der Waals surface area (Å²) >= 11 is 3.25. The second kappa shape index (κ2) is 7.95. The molecule has 3 heterocycles. The summed E-state index contributed by atoms with van der Waals surface area (Å²) < 4.78 is 14.9. The summed E-state index contributed by atoms with van der Waals surface area (Å²) in [5.41, 5.74) is 2.29. The Labute approximate surface area is 168 Å². The number of aromatic nitrogens is 3. The van der Waals surface area contributed by atoms with E-state index in [0.29, 0.717) is 21.3 Å². The largest absolute Gasteiger partial charge is 0.348 e. The van der Waals surface area contributed by atoms with Crippen molar-refractivity contribution < 1.29 is 8.68 Å². The topological polar surface area (TPSA) is 63.1 Å². The summed E-state index contributed by atoms with van der Waals surface area (Å²) in [6.45, 7) is 2.57. The van der Waals surface area contributed by atoms with Crippen LogP contribution in [0.25, 0.3) is 11.2 Å². The number of hydrogen-bond donors (Lipinski definition) is 1. The molecular weight excluding hydrogens is 433 g/mol. The molecule has 9 heteroatoms. The van der Waals surface area contributed by atoms with Gasteiger partial charge in [-0.05, 0) is 27.9 Å². The molecule has 1 unspecified atom stereocenters. The highest BCUT2D eigenvalue weighted by Gasteiger charge is 2.26. The fraction of sp³-hybridized carbons (Fsp3) is 0.278. The maximum atomic E-state index is 13.2. The third-order valence-corrected chi connectivity index (χ3v) is 5.42. The Balaban J connectivity index is 1.45. The predicted octanol–water partition coefficient (Wildman–Crippen LogP) is 3.58. The van der Waals surface area contributed by atoms with E-state index in [1.54, 1.807) is 0 Å². The molecule has 1 aliphatic rings. The van der Waals surface area contributed by atoms with Crippen molar-refractivity contribution in [2.24, 2.45) is 0 Å². The second-order valence-corrected chi connectivity index (χ2v) is 7.83. The summed E-state index contributed by atoms with van der Waals surface area (Å²) in [6.07, 6.45) is 3.80. The van der Waals surface area contributed by atoms with Gasteiger partial charge in [0.15, 0.2) is 18.0 Å². The number of hydrogen-bond acceptors (Lipinski definition) is 5. The first kappa shape index (κ1) is 18.4. The smallest absolute Gasteiger partial charge is 0.255 e. The van der Waals surface area contributed by atoms with Gasteiger partial charge < -0.3 is 5.32 Å². The van der Waals surface area contributed by atoms with Gasteiger partial charge in [-0.1, -0.05) is 30.3 Å². The summed E-state index contributed by atoms with van der Waals surface area (Å²) in [5, 5.41) is 3.05. The van der Waals surface area contributed by atoms with Gasteiger partial charge in [-0.15, -0.1) is 3.89 Å². The van der Waals surface area contributed by atoms with Gasteiger partial charge in [0.1, 0.15) is 10.1 Å². The number of carbonyl (C=O) groups excluding carboxylic acids is 1. The molecule has 1 saturated heterocycles. The Hall–Kier alpha value is -1.97. The van der Waals surface area contributed by atoms with Gasteiger partial charge in [-0.25, -0.2) is 13.9 Å². The Morgan fingerprint density at radius 1 is 1.37 bits per heavy atom. The Kier molecular flexibility index (Phi) is 5.42. The molecule has 140 valence electrons. The molecule has 3 aromatic rings. The van der Waals surface area contributed by atoms with Crippen LogP contribution in [0.3, 0.4) is 0 Å². The van der Waals surface area contributed by atoms with E-state index in [-0.39, 0.29) is 24.3 Å². The minimum Gasteiger partial charge on any atom is -0.348 e. The molecule has 1 fully saturated rings. The van der Waals surface area contributed by atoms with Crippen LogP contribution in [0.2, 0.25) is 0 Å². The quantitative estimate of drug-likeness (QED) is 0.644. The number of nitrogens with one attached hydrogen (secondary N) is 1. The van der Waals surface area contributed by atoms with Crippen LogP contribution in [0.15, 0.2) is 47.3 Å². The first-order chi connectivity index (χ1) is 13.1. The summed E-state index contributed by atoms with van der Waals surface area (Å²) in [4.78, 5) is 23.5. The molecule has 1 N–H and O–H groups in total. The van der Waals surface area contributed by atoms with Crippen LogP contribution < -0.4 is 5.32 Å². The van der Waals surface area contributed by atoms with E-state index in [9.17, 15) is 8.68 Å². The molecule has 6 nitrogen and oxygen atoms in total. The van der Waals surface area contributed by atoms with Crippen molar-refractivity contribution in [2.75, 3.05) is 13.1 Å². The third-order valence-electron chi connectivity index (χ3n) is 4.61. The number of fused-ring (bicyclic) bond motifs is 1. The van der Waals surface area contributed by atoms with Gasteiger partial charge in [0.05, 0.1) is 11.8 Å². The van der Waals surface area contributed by atoms with Gasteiger partial charge in [0.25, 0.3) is 5.91 Å². The number of amides is 1. The van der Waals surface area contributed by atoms with E-state index in [2.05, 4.69) is 48.2 Å². The molecule has 1 aromatic carbocycles. The van der Waals surface area contributed by atoms with Gasteiger partial charge in [0.2, 0.25) is 0 Å². The summed E-state index contributed by atoms with van der Waals surface area (Å²) in [5.74, 6) is -0.258. The maximum Gasteiger partial charge on any atom is 0.255 e. The monoisotopic (exact) mass is 449 g/mol. The highest BCUT2D eigenvalue weighted by atomic mass is 79.9. The lowest BCUT2D eigenvalue weighted by Crippen LogP contribution is -2.37. The number of carbonyl (C=O) groups is 1. The Bertz CT molecular complexity index is 967. The van der Waals surface area contributed by atoms with E-state index >= 15 is 0 Å². The third kappa shape index (κ3) is 3.99. The predicted molar refractivity (Wildman–Crippen MR) is 107 cm³/mol. The first-order valence-electron chi connectivity index (χ1n) is 8.54. The Morgan fingerprint density at radius 3 is 2.96 bits per heavy atom. The van der Waals surface area contributed by atoms with Crippen molar-refractivity contribution in [3.05, 3.63) is 58.5 Å². The number of rotatable bonds is 5. The zero-order chi connectivity index (χ0) is 18.8. The lowest BCUT2D eigenvalue weighted by Gasteiger charge is -2.16. The molecule has 0 bridgehead atoms. The van der Waals surface area contributed by atoms with Crippen molar-refractivity contribution in [3.63, 3.8) is 0 Å². The number of halogens is 2. The minimum absolute atomic E-state index is 0.00261. The van der Waals surface area contributed by atoms with Crippen LogP contribution in [0.4, 0.5) is 3.89 Å². The standard InChI is InChI=1S/C18H17BrFN5OS/c19-15-8-21-17-16(23-15)14(11-25(17)27-20)18(26)22-13-6-7-24(10-13)9-12-4-2-1-3-5-12/h1-5,8,11,13H,6-7,9-10H2,(H,22,26). The normalized spacial score (nSPS) is 17.5. The van der Waals surface area contributed by atoms with Crippen LogP contribution in [0, 0.1) is 0 Å². The molecule has 1 amide bonds. The summed E-state index contributed by atoms with van der Waals surface area (Å²) in [6, 6.07) is 10.3. The highest BCUT2D eigenvalue weighted by Crippen LogP contribution is 2.24. The molecule has 1 atom stereocenters. The lowest BCUT2D eigenvalue weighted by atomic mass is 10.2. The van der Waals surface area contributed by atoms with E-state index in [1.165, 1.54) is 21.9 Å². The van der Waals surface area contributed by atoms with Crippen LogP contribution in [-0.2, 0) is 6.54 Å². The highest BCUT2D eigenvalue weighted by molar-refractivity contribution is 9.10. The van der Waals surface area contributed by atoms with E-state index in [1.807, 2.05) is 18.2 Å². The van der Waals surface area contributed by atoms with Crippen LogP contribution in [-0.4, -0.2) is 43.9 Å². The van der Waals surface area contributed by atoms with Crippen molar-refractivity contribution >= 4 is 45.3 Å². The molecule has 0 aliphatic carbocycles. The first-order valence-corrected chi connectivity index (χ1v) is 10.0. The molecule has 27 heavy (non-hydrogen) atoms. The van der Waals surface area contributed by atoms with Gasteiger partial charge in [0, 0.05) is 31.9 Å². The van der Waals surface area contributed by atoms with Gasteiger partial charge >= 0.3 is 0 Å². The van der Waals surface area contributed by atoms with Crippen molar-refractivity contribution in [1.29, 1.82) is 0 Å². The van der Waals surface area contributed by atoms with Gasteiger partial charge in [-0.3, -0.25) is 9.69 Å². The van der Waals surface area contributed by atoms with Crippen molar-refractivity contribution in [3.8, 4) is 0 Å². The number of nitrogens with zero attached hydrogens (tertiary/aromatic N) is 4. The molecular formula is C18H17BrFN5OS. The van der Waals surface area contributed by atoms with Crippen LogP contribution >= 0.6 is 28.3 Å². The molecule has 0 spiro atoms. The van der Waals surface area contributed by atoms with Crippen LogP contribution in [0.5, 0.6) is 0 Å². The van der Waals surface area contributed by atoms with E-state index in [4.69, 9.17) is 0 Å². The Morgan fingerprint density at radius 2 is 2.19 bits per heavy atom. The van der Waals surface area contributed by atoms with E-state index < -0.39 is 0 Å². The maximum absolute atomic E-state index is 13.2. The SMILES string of the molecule is O=C(NC1CCN(Cc2ccccc2)C1)c1cn(SF)c2ncc(Br)nc12. The molecule has 2 aromatic heterocycles. The molecule has 1 aliphatic heterocycles.